The molecule has 0 unspecified atom stereocenters. The van der Waals surface area contributed by atoms with E-state index in [1.54, 1.807) is 7.05 Å². The van der Waals surface area contributed by atoms with Crippen LogP contribution in [0.25, 0.3) is 0 Å². The third kappa shape index (κ3) is 4.53. The summed E-state index contributed by atoms with van der Waals surface area (Å²) in [6.45, 7) is 2.25. The topological polar surface area (TPSA) is 37.4 Å². The molecule has 0 spiro atoms. The van der Waals surface area contributed by atoms with Crippen molar-refractivity contribution in [2.24, 2.45) is 0 Å². The summed E-state index contributed by atoms with van der Waals surface area (Å²) in [4.78, 5) is 22.5. The highest BCUT2D eigenvalue weighted by Gasteiger charge is 2.05. The molecule has 11 heavy (non-hydrogen) atoms. The Morgan fingerprint density at radius 1 is 1.55 bits per heavy atom. The van der Waals surface area contributed by atoms with Crippen LogP contribution in [0.5, 0.6) is 0 Å². The first-order valence-corrected chi connectivity index (χ1v) is 3.90. The Kier molecular flexibility index (Phi) is 5.43. The predicted molar refractivity (Wildman–Crippen MR) is 43.2 cm³/mol. The molecule has 3 heteroatoms. The lowest BCUT2D eigenvalue weighted by molar-refractivity contribution is -0.131. The van der Waals surface area contributed by atoms with E-state index in [2.05, 4.69) is 0 Å². The van der Waals surface area contributed by atoms with Crippen LogP contribution in [0.1, 0.15) is 26.2 Å². The van der Waals surface area contributed by atoms with Gasteiger partial charge in [0.2, 0.25) is 5.91 Å². The standard InChI is InChI=1S/C8H15NO2/c1-3-4-5-8(11)9(2)6-7-10/h7H,3-6H2,1-2H3. The van der Waals surface area contributed by atoms with Crippen LogP contribution in [0.3, 0.4) is 0 Å². The maximum Gasteiger partial charge on any atom is 0.222 e. The highest BCUT2D eigenvalue weighted by Crippen LogP contribution is 1.97. The van der Waals surface area contributed by atoms with Gasteiger partial charge in [0.25, 0.3) is 0 Å². The SMILES string of the molecule is CCCCC(=O)N(C)CC=O. The van der Waals surface area contributed by atoms with Crippen molar-refractivity contribution >= 4 is 12.2 Å². The Labute approximate surface area is 67.4 Å². The summed E-state index contributed by atoms with van der Waals surface area (Å²) in [6, 6.07) is 0. The van der Waals surface area contributed by atoms with E-state index in [1.165, 1.54) is 4.90 Å². The minimum absolute atomic E-state index is 0.0546. The van der Waals surface area contributed by atoms with Crippen LogP contribution in [0.2, 0.25) is 0 Å². The average Bonchev–Trinajstić information content (AvgIpc) is 2.00. The summed E-state index contributed by atoms with van der Waals surface area (Å²) in [5.74, 6) is 0.0546. The number of nitrogens with zero attached hydrogens (tertiary/aromatic N) is 1. The lowest BCUT2D eigenvalue weighted by Crippen LogP contribution is -2.27. The van der Waals surface area contributed by atoms with Gasteiger partial charge in [-0.05, 0) is 6.42 Å². The summed E-state index contributed by atoms with van der Waals surface area (Å²) in [6.07, 6.45) is 3.22. The van der Waals surface area contributed by atoms with Gasteiger partial charge in [0.1, 0.15) is 6.29 Å². The quantitative estimate of drug-likeness (QED) is 0.554. The van der Waals surface area contributed by atoms with Crippen LogP contribution in [0, 0.1) is 0 Å². The van der Waals surface area contributed by atoms with E-state index in [9.17, 15) is 9.59 Å². The van der Waals surface area contributed by atoms with E-state index in [0.717, 1.165) is 19.1 Å². The van der Waals surface area contributed by atoms with Crippen molar-refractivity contribution in [3.8, 4) is 0 Å². The first kappa shape index (κ1) is 10.1. The van der Waals surface area contributed by atoms with Crippen LogP contribution in [0.15, 0.2) is 0 Å². The molecule has 0 aliphatic rings. The number of hydrogen-bond donors (Lipinski definition) is 0. The average molecular weight is 157 g/mol. The van der Waals surface area contributed by atoms with Crippen LogP contribution in [-0.2, 0) is 9.59 Å². The van der Waals surface area contributed by atoms with Crippen molar-refractivity contribution in [3.63, 3.8) is 0 Å². The van der Waals surface area contributed by atoms with Crippen LogP contribution in [-0.4, -0.2) is 30.7 Å². The molecule has 0 saturated carbocycles. The molecule has 0 radical (unpaired) electrons. The van der Waals surface area contributed by atoms with E-state index in [-0.39, 0.29) is 12.5 Å². The van der Waals surface area contributed by atoms with Crippen LogP contribution < -0.4 is 0 Å². The first-order chi connectivity index (χ1) is 5.22. The highest BCUT2D eigenvalue weighted by atomic mass is 16.2. The Hall–Kier alpha value is -0.860. The fourth-order valence-electron chi connectivity index (χ4n) is 0.732. The second kappa shape index (κ2) is 5.89. The van der Waals surface area contributed by atoms with Crippen LogP contribution in [0.4, 0.5) is 0 Å². The van der Waals surface area contributed by atoms with E-state index in [4.69, 9.17) is 0 Å². The van der Waals surface area contributed by atoms with Crippen molar-refractivity contribution in [1.29, 1.82) is 0 Å². The summed E-state index contributed by atoms with van der Waals surface area (Å²) in [7, 11) is 1.65. The summed E-state index contributed by atoms with van der Waals surface area (Å²) < 4.78 is 0. The van der Waals surface area contributed by atoms with Gasteiger partial charge in [-0.15, -0.1) is 0 Å². The molecule has 0 bridgehead atoms. The number of amides is 1. The fourth-order valence-corrected chi connectivity index (χ4v) is 0.732. The molecule has 0 aromatic heterocycles. The molecule has 0 rings (SSSR count). The Bertz CT molecular complexity index is 134. The van der Waals surface area contributed by atoms with Gasteiger partial charge >= 0.3 is 0 Å². The van der Waals surface area contributed by atoms with Gasteiger partial charge in [0.05, 0.1) is 6.54 Å². The van der Waals surface area contributed by atoms with E-state index in [0.29, 0.717) is 6.42 Å². The zero-order valence-electron chi connectivity index (χ0n) is 7.17. The monoisotopic (exact) mass is 157 g/mol. The minimum atomic E-state index is 0.0546. The first-order valence-electron chi connectivity index (χ1n) is 3.90. The molecule has 0 aliphatic heterocycles. The molecule has 3 nitrogen and oxygen atoms in total. The summed E-state index contributed by atoms with van der Waals surface area (Å²) >= 11 is 0. The van der Waals surface area contributed by atoms with Gasteiger partial charge in [-0.1, -0.05) is 13.3 Å². The highest BCUT2D eigenvalue weighted by molar-refractivity contribution is 5.78. The molecule has 0 N–H and O–H groups in total. The second-order valence-electron chi connectivity index (χ2n) is 2.54. The summed E-state index contributed by atoms with van der Waals surface area (Å²) in [5.41, 5.74) is 0. The molecule has 0 aromatic rings. The molecule has 1 amide bonds. The Morgan fingerprint density at radius 2 is 2.18 bits per heavy atom. The van der Waals surface area contributed by atoms with Gasteiger partial charge in [0.15, 0.2) is 0 Å². The maximum absolute atomic E-state index is 11.1. The molecular weight excluding hydrogens is 142 g/mol. The number of unbranched alkanes of at least 4 members (excludes halogenated alkanes) is 1. The van der Waals surface area contributed by atoms with Gasteiger partial charge in [-0.2, -0.15) is 0 Å². The molecule has 0 saturated heterocycles. The third-order valence-electron chi connectivity index (χ3n) is 1.52. The van der Waals surface area contributed by atoms with Gasteiger partial charge in [0, 0.05) is 13.5 Å². The smallest absolute Gasteiger partial charge is 0.222 e. The third-order valence-corrected chi connectivity index (χ3v) is 1.52. The number of hydrogen-bond acceptors (Lipinski definition) is 2. The molecule has 0 atom stereocenters. The molecule has 0 heterocycles. The minimum Gasteiger partial charge on any atom is -0.339 e. The second-order valence-corrected chi connectivity index (χ2v) is 2.54. The van der Waals surface area contributed by atoms with Crippen molar-refractivity contribution in [3.05, 3.63) is 0 Å². The van der Waals surface area contributed by atoms with E-state index >= 15 is 0 Å². The fraction of sp³-hybridized carbons (Fsp3) is 0.750. The summed E-state index contributed by atoms with van der Waals surface area (Å²) in [5, 5.41) is 0. The van der Waals surface area contributed by atoms with Gasteiger partial charge in [-0.3, -0.25) is 4.79 Å². The Balaban J connectivity index is 3.54. The zero-order chi connectivity index (χ0) is 8.69. The van der Waals surface area contributed by atoms with Gasteiger partial charge < -0.3 is 9.69 Å². The number of carbonyl (C=O) groups excluding carboxylic acids is 2. The lowest BCUT2D eigenvalue weighted by atomic mass is 10.2. The molecule has 0 fully saturated rings. The number of aldehydes is 1. The maximum atomic E-state index is 11.1. The van der Waals surface area contributed by atoms with Crippen LogP contribution >= 0.6 is 0 Å². The predicted octanol–water partition coefficient (Wildman–Crippen LogP) is 0.834. The molecular formula is C8H15NO2. The van der Waals surface area contributed by atoms with Crippen molar-refractivity contribution in [1.82, 2.24) is 4.90 Å². The van der Waals surface area contributed by atoms with E-state index < -0.39 is 0 Å². The number of carbonyl (C=O) groups is 2. The molecule has 0 aromatic carbocycles. The number of rotatable bonds is 5. The van der Waals surface area contributed by atoms with Crippen molar-refractivity contribution < 1.29 is 9.59 Å². The van der Waals surface area contributed by atoms with Crippen molar-refractivity contribution in [2.75, 3.05) is 13.6 Å². The largest absolute Gasteiger partial charge is 0.339 e. The normalized spacial score (nSPS) is 9.27. The Morgan fingerprint density at radius 3 is 2.64 bits per heavy atom. The lowest BCUT2D eigenvalue weighted by Gasteiger charge is -2.12. The number of likely N-dealkylation sites (N-methyl/N-ethyl adjacent to an activating group) is 1. The molecule has 64 valence electrons. The van der Waals surface area contributed by atoms with Gasteiger partial charge in [-0.25, -0.2) is 0 Å². The molecule has 0 aliphatic carbocycles. The van der Waals surface area contributed by atoms with Crippen molar-refractivity contribution in [2.45, 2.75) is 26.2 Å². The zero-order valence-corrected chi connectivity index (χ0v) is 7.17. The van der Waals surface area contributed by atoms with E-state index in [1.807, 2.05) is 6.92 Å².